The molecule has 0 bridgehead atoms. The maximum Gasteiger partial charge on any atom is 0.209 e. The van der Waals surface area contributed by atoms with E-state index in [4.69, 9.17) is 4.74 Å². The summed E-state index contributed by atoms with van der Waals surface area (Å²) in [5.41, 5.74) is 0.458. The molecule has 0 radical (unpaired) electrons. The number of nitrogens with zero attached hydrogens (tertiary/aromatic N) is 1. The molecule has 1 atom stereocenters. The van der Waals surface area contributed by atoms with Crippen molar-refractivity contribution in [3.05, 3.63) is 29.8 Å². The van der Waals surface area contributed by atoms with E-state index in [1.807, 2.05) is 38.1 Å². The van der Waals surface area contributed by atoms with Crippen molar-refractivity contribution in [3.8, 4) is 5.75 Å². The fourth-order valence-corrected chi connectivity index (χ4v) is 3.33. The van der Waals surface area contributed by atoms with Crippen LogP contribution in [0.5, 0.6) is 5.75 Å². The van der Waals surface area contributed by atoms with Crippen LogP contribution in [0.1, 0.15) is 26.3 Å². The average molecular weight is 371 g/mol. The first-order valence-corrected chi connectivity index (χ1v) is 10.1. The normalized spacial score (nSPS) is 14.1. The second-order valence-corrected chi connectivity index (χ2v) is 8.51. The third kappa shape index (κ3) is 8.74. The minimum absolute atomic E-state index is 0.0539. The second-order valence-electron chi connectivity index (χ2n) is 6.76. The zero-order valence-electron chi connectivity index (χ0n) is 15.9. The highest BCUT2D eigenvalue weighted by Crippen LogP contribution is 2.17. The van der Waals surface area contributed by atoms with Gasteiger partial charge in [0.05, 0.1) is 12.8 Å². The first-order chi connectivity index (χ1) is 11.5. The molecule has 1 aromatic carbocycles. The summed E-state index contributed by atoms with van der Waals surface area (Å²) in [5.74, 6) is 1.45. The van der Waals surface area contributed by atoms with E-state index in [-0.39, 0.29) is 6.10 Å². The lowest BCUT2D eigenvalue weighted by Crippen LogP contribution is -2.53. The van der Waals surface area contributed by atoms with Crippen molar-refractivity contribution < 1.29 is 13.2 Å². The largest absolute Gasteiger partial charge is 0.489 e. The van der Waals surface area contributed by atoms with Gasteiger partial charge in [-0.1, -0.05) is 18.2 Å². The molecule has 0 fully saturated rings. The van der Waals surface area contributed by atoms with Gasteiger partial charge < -0.3 is 15.4 Å². The van der Waals surface area contributed by atoms with Crippen LogP contribution in [0.15, 0.2) is 29.3 Å². The number of hydrogen-bond acceptors (Lipinski definition) is 4. The molecule has 1 rings (SSSR count). The maximum absolute atomic E-state index is 11.4. The van der Waals surface area contributed by atoms with Gasteiger partial charge in [-0.05, 0) is 39.3 Å². The number of sulfonamides is 1. The Labute approximate surface area is 151 Å². The van der Waals surface area contributed by atoms with Crippen LogP contribution in [0, 0.1) is 6.92 Å². The van der Waals surface area contributed by atoms with Gasteiger partial charge in [0.25, 0.3) is 0 Å². The molecule has 0 spiro atoms. The van der Waals surface area contributed by atoms with Gasteiger partial charge in [0, 0.05) is 19.1 Å². The lowest BCUT2D eigenvalue weighted by Gasteiger charge is -2.26. The monoisotopic (exact) mass is 370 g/mol. The minimum atomic E-state index is -3.27. The summed E-state index contributed by atoms with van der Waals surface area (Å²) in [6.07, 6.45) is 1.09. The van der Waals surface area contributed by atoms with Crippen LogP contribution in [-0.2, 0) is 10.0 Å². The van der Waals surface area contributed by atoms with Crippen molar-refractivity contribution >= 4 is 16.0 Å². The summed E-state index contributed by atoms with van der Waals surface area (Å²) in [6.45, 7) is 8.55. The van der Waals surface area contributed by atoms with E-state index < -0.39 is 15.6 Å². The Hall–Kier alpha value is -1.80. The van der Waals surface area contributed by atoms with Crippen LogP contribution in [0.3, 0.4) is 0 Å². The zero-order valence-corrected chi connectivity index (χ0v) is 16.7. The molecule has 0 saturated heterocycles. The van der Waals surface area contributed by atoms with Crippen LogP contribution < -0.4 is 20.1 Å². The van der Waals surface area contributed by atoms with Crippen molar-refractivity contribution in [2.24, 2.45) is 4.99 Å². The van der Waals surface area contributed by atoms with E-state index in [0.717, 1.165) is 17.6 Å². The number of benzene rings is 1. The maximum atomic E-state index is 11.4. The van der Waals surface area contributed by atoms with E-state index in [2.05, 4.69) is 20.3 Å². The average Bonchev–Trinajstić information content (AvgIpc) is 2.47. The zero-order chi connectivity index (χ0) is 19.1. The standard InChI is InChI=1S/C17H30N4O3S/c1-13-9-7-8-10-15(13)24-14(2)11-19-16(18-5)20-12-17(3,4)21-25(6,22)23/h7-10,14,21H,11-12H2,1-6H3,(H2,18,19,20). The molecule has 8 heteroatoms. The van der Waals surface area contributed by atoms with Crippen LogP contribution in [0.2, 0.25) is 0 Å². The molecular formula is C17H30N4O3S. The number of nitrogens with one attached hydrogen (secondary N) is 3. The molecule has 3 N–H and O–H groups in total. The molecule has 1 unspecified atom stereocenters. The molecule has 0 aliphatic rings. The molecule has 0 amide bonds. The van der Waals surface area contributed by atoms with E-state index in [1.165, 1.54) is 0 Å². The van der Waals surface area contributed by atoms with Crippen LogP contribution in [0.25, 0.3) is 0 Å². The molecule has 0 heterocycles. The molecule has 142 valence electrons. The number of ether oxygens (including phenoxy) is 1. The highest BCUT2D eigenvalue weighted by molar-refractivity contribution is 7.88. The summed E-state index contributed by atoms with van der Waals surface area (Å²) in [5, 5.41) is 6.30. The Morgan fingerprint density at radius 2 is 1.92 bits per heavy atom. The molecule has 25 heavy (non-hydrogen) atoms. The fourth-order valence-electron chi connectivity index (χ4n) is 2.25. The Morgan fingerprint density at radius 3 is 2.48 bits per heavy atom. The van der Waals surface area contributed by atoms with Crippen molar-refractivity contribution in [1.29, 1.82) is 0 Å². The topological polar surface area (TPSA) is 91.8 Å². The van der Waals surface area contributed by atoms with E-state index in [9.17, 15) is 8.42 Å². The number of hydrogen-bond donors (Lipinski definition) is 3. The molecule has 0 aliphatic heterocycles. The Bertz CT molecular complexity index is 687. The summed E-state index contributed by atoms with van der Waals surface area (Å²) in [7, 11) is -1.61. The first kappa shape index (κ1) is 21.2. The van der Waals surface area contributed by atoms with Gasteiger partial charge >= 0.3 is 0 Å². The number of para-hydroxylation sites is 1. The summed E-state index contributed by atoms with van der Waals surface area (Å²) >= 11 is 0. The minimum Gasteiger partial charge on any atom is -0.489 e. The molecule has 0 aromatic heterocycles. The smallest absolute Gasteiger partial charge is 0.209 e. The molecule has 7 nitrogen and oxygen atoms in total. The number of aliphatic imine (C=N–C) groups is 1. The van der Waals surface area contributed by atoms with Crippen LogP contribution >= 0.6 is 0 Å². The number of rotatable bonds is 8. The second kappa shape index (κ2) is 9.05. The summed E-state index contributed by atoms with van der Waals surface area (Å²) < 4.78 is 31.2. The highest BCUT2D eigenvalue weighted by Gasteiger charge is 2.22. The van der Waals surface area contributed by atoms with Crippen LogP contribution in [0.4, 0.5) is 0 Å². The van der Waals surface area contributed by atoms with Crippen molar-refractivity contribution in [3.63, 3.8) is 0 Å². The van der Waals surface area contributed by atoms with Gasteiger partial charge in [-0.15, -0.1) is 0 Å². The van der Waals surface area contributed by atoms with Gasteiger partial charge in [0.15, 0.2) is 5.96 Å². The third-order valence-corrected chi connectivity index (χ3v) is 4.29. The number of aryl methyl sites for hydroxylation is 1. The van der Waals surface area contributed by atoms with Crippen molar-refractivity contribution in [2.45, 2.75) is 39.3 Å². The lowest BCUT2D eigenvalue weighted by molar-refractivity contribution is 0.222. The number of guanidine groups is 1. The molecular weight excluding hydrogens is 340 g/mol. The Kier molecular flexibility index (Phi) is 7.69. The van der Waals surface area contributed by atoms with Gasteiger partial charge in [0.1, 0.15) is 11.9 Å². The van der Waals surface area contributed by atoms with Gasteiger partial charge in [-0.25, -0.2) is 13.1 Å². The van der Waals surface area contributed by atoms with E-state index in [1.54, 1.807) is 20.9 Å². The van der Waals surface area contributed by atoms with E-state index >= 15 is 0 Å². The quantitative estimate of drug-likeness (QED) is 0.473. The van der Waals surface area contributed by atoms with Gasteiger partial charge in [-0.2, -0.15) is 0 Å². The predicted molar refractivity (Wildman–Crippen MR) is 103 cm³/mol. The van der Waals surface area contributed by atoms with Crippen LogP contribution in [-0.4, -0.2) is 52.4 Å². The fraction of sp³-hybridized carbons (Fsp3) is 0.588. The van der Waals surface area contributed by atoms with Crippen molar-refractivity contribution in [2.75, 3.05) is 26.4 Å². The van der Waals surface area contributed by atoms with E-state index in [0.29, 0.717) is 19.0 Å². The summed E-state index contributed by atoms with van der Waals surface area (Å²) in [4.78, 5) is 4.15. The first-order valence-electron chi connectivity index (χ1n) is 8.18. The van der Waals surface area contributed by atoms with Crippen molar-refractivity contribution in [1.82, 2.24) is 15.4 Å². The lowest BCUT2D eigenvalue weighted by atomic mass is 10.1. The summed E-state index contributed by atoms with van der Waals surface area (Å²) in [6, 6.07) is 7.87. The Morgan fingerprint density at radius 1 is 1.28 bits per heavy atom. The Balaban J connectivity index is 2.47. The van der Waals surface area contributed by atoms with Gasteiger partial charge in [0.2, 0.25) is 10.0 Å². The molecule has 0 saturated carbocycles. The molecule has 1 aromatic rings. The molecule has 0 aliphatic carbocycles. The predicted octanol–water partition coefficient (Wildman–Crippen LogP) is 1.26. The van der Waals surface area contributed by atoms with Gasteiger partial charge in [-0.3, -0.25) is 4.99 Å². The highest BCUT2D eigenvalue weighted by atomic mass is 32.2. The third-order valence-electron chi connectivity index (χ3n) is 3.36. The SMILES string of the molecule is CN=C(NCC(C)Oc1ccccc1C)NCC(C)(C)NS(C)(=O)=O.